The normalized spacial score (nSPS) is 11.1. The Kier molecular flexibility index (Phi) is 7.08. The number of carboxylic acids is 3. The van der Waals surface area contributed by atoms with Gasteiger partial charge in [0.05, 0.1) is 12.8 Å². The van der Waals surface area contributed by atoms with Crippen molar-refractivity contribution in [1.82, 2.24) is 0 Å². The zero-order chi connectivity index (χ0) is 15.1. The topological polar surface area (TPSA) is 207 Å². The van der Waals surface area contributed by atoms with Crippen LogP contribution in [-0.2, 0) is 24.8 Å². The fourth-order valence-electron chi connectivity index (χ4n) is 0.714. The summed E-state index contributed by atoms with van der Waals surface area (Å²) in [6, 6.07) is 0. The van der Waals surface area contributed by atoms with Crippen LogP contribution in [0.2, 0.25) is 0 Å². The van der Waals surface area contributed by atoms with Crippen LogP contribution in [0.3, 0.4) is 0 Å². The van der Waals surface area contributed by atoms with Crippen LogP contribution in [0.1, 0.15) is 12.8 Å². The molecule has 106 valence electrons. The summed E-state index contributed by atoms with van der Waals surface area (Å²) in [6.07, 6.45) is -2.29. The van der Waals surface area contributed by atoms with Crippen LogP contribution >= 0.6 is 0 Å². The minimum Gasteiger partial charge on any atom is -0.481 e. The smallest absolute Gasteiger partial charge is 0.394 e. The second-order valence-corrected chi connectivity index (χ2v) is 3.82. The molecule has 0 saturated carbocycles. The molecule has 0 saturated heterocycles. The minimum absolute atomic E-state index is 1.14. The molecule has 0 aliphatic heterocycles. The van der Waals surface area contributed by atoms with Gasteiger partial charge in [-0.2, -0.15) is 8.42 Å². The first-order valence-corrected chi connectivity index (χ1v) is 5.27. The number of hydrogen-bond donors (Lipinski definition) is 6. The van der Waals surface area contributed by atoms with E-state index in [2.05, 4.69) is 0 Å². The van der Waals surface area contributed by atoms with E-state index in [0.717, 1.165) is 0 Å². The first-order valence-electron chi connectivity index (χ1n) is 3.87. The van der Waals surface area contributed by atoms with Crippen molar-refractivity contribution < 1.29 is 52.3 Å². The van der Waals surface area contributed by atoms with E-state index in [1.165, 1.54) is 0 Å². The van der Waals surface area contributed by atoms with Crippen molar-refractivity contribution in [3.63, 3.8) is 0 Å². The molecule has 0 heterocycles. The summed E-state index contributed by atoms with van der Waals surface area (Å²) < 4.78 is 31.6. The Morgan fingerprint density at radius 3 is 1.22 bits per heavy atom. The summed E-state index contributed by atoms with van der Waals surface area (Å²) in [4.78, 5) is 30.5. The monoisotopic (exact) mass is 290 g/mol. The van der Waals surface area contributed by atoms with E-state index < -0.39 is 46.7 Å². The number of hydrogen-bond acceptors (Lipinski definition) is 6. The Hall–Kier alpha value is -1.76. The Bertz CT molecular complexity index is 397. The summed E-state index contributed by atoms with van der Waals surface area (Å²) in [5.41, 5.74) is -2.74. The Labute approximate surface area is 99.9 Å². The maximum absolute atomic E-state index is 10.3. The van der Waals surface area contributed by atoms with Crippen molar-refractivity contribution in [3.05, 3.63) is 0 Å². The number of rotatable bonds is 5. The van der Waals surface area contributed by atoms with Gasteiger partial charge >= 0.3 is 28.3 Å². The summed E-state index contributed by atoms with van der Waals surface area (Å²) in [5.74, 6) is -5.02. The van der Waals surface area contributed by atoms with Crippen LogP contribution in [0.4, 0.5) is 0 Å². The molecule has 0 atom stereocenters. The molecule has 18 heavy (non-hydrogen) atoms. The average molecular weight is 290 g/mol. The van der Waals surface area contributed by atoms with Gasteiger partial charge in [0.1, 0.15) is 0 Å². The van der Waals surface area contributed by atoms with Gasteiger partial charge < -0.3 is 20.4 Å². The van der Waals surface area contributed by atoms with Crippen molar-refractivity contribution in [2.24, 2.45) is 0 Å². The highest BCUT2D eigenvalue weighted by atomic mass is 32.3. The van der Waals surface area contributed by atoms with E-state index in [1.54, 1.807) is 0 Å². The van der Waals surface area contributed by atoms with Gasteiger partial charge in [-0.25, -0.2) is 4.79 Å². The predicted octanol–water partition coefficient (Wildman–Crippen LogP) is -1.90. The third-order valence-corrected chi connectivity index (χ3v) is 1.29. The van der Waals surface area contributed by atoms with Crippen LogP contribution in [0.25, 0.3) is 0 Å². The Morgan fingerprint density at radius 1 is 0.889 bits per heavy atom. The molecule has 0 aliphatic carbocycles. The highest BCUT2D eigenvalue weighted by Crippen LogP contribution is 2.15. The Balaban J connectivity index is 0. The molecule has 0 radical (unpaired) electrons. The maximum atomic E-state index is 10.3. The third-order valence-electron chi connectivity index (χ3n) is 1.29. The van der Waals surface area contributed by atoms with E-state index >= 15 is 0 Å². The molecule has 0 bridgehead atoms. The molecule has 0 aromatic rings. The van der Waals surface area contributed by atoms with Crippen molar-refractivity contribution in [3.8, 4) is 0 Å². The Morgan fingerprint density at radius 2 is 1.11 bits per heavy atom. The van der Waals surface area contributed by atoms with Crippen LogP contribution < -0.4 is 0 Å². The van der Waals surface area contributed by atoms with Crippen molar-refractivity contribution in [1.29, 1.82) is 0 Å². The maximum Gasteiger partial charge on any atom is 0.394 e. The third kappa shape index (κ3) is 12.3. The quantitative estimate of drug-likeness (QED) is 0.308. The molecule has 0 spiro atoms. The first-order chi connectivity index (χ1) is 7.78. The summed E-state index contributed by atoms with van der Waals surface area (Å²) in [6.45, 7) is 0. The fraction of sp³-hybridized carbons (Fsp3) is 0.500. The molecule has 12 heteroatoms. The molecule has 0 fully saturated rings. The number of aliphatic carboxylic acids is 3. The largest absolute Gasteiger partial charge is 0.481 e. The lowest BCUT2D eigenvalue weighted by Crippen LogP contribution is -2.42. The highest BCUT2D eigenvalue weighted by molar-refractivity contribution is 7.79. The lowest BCUT2D eigenvalue weighted by molar-refractivity contribution is -0.170. The van der Waals surface area contributed by atoms with Crippen molar-refractivity contribution in [2.45, 2.75) is 18.4 Å². The molecule has 0 rings (SSSR count). The average Bonchev–Trinajstić information content (AvgIpc) is 1.95. The van der Waals surface area contributed by atoms with E-state index in [4.69, 9.17) is 37.9 Å². The van der Waals surface area contributed by atoms with Crippen LogP contribution in [0.5, 0.6) is 0 Å². The first kappa shape index (κ1) is 18.6. The summed E-state index contributed by atoms with van der Waals surface area (Å²) in [7, 11) is -4.67. The molecule has 0 amide bonds. The second kappa shape index (κ2) is 6.85. The molecule has 0 unspecified atom stereocenters. The SMILES string of the molecule is O=C(O)CC(O)(CC(=O)O)C(=O)O.O=S(=O)(O)O. The van der Waals surface area contributed by atoms with Crippen LogP contribution in [0.15, 0.2) is 0 Å². The molecular formula is C6H10O11S. The predicted molar refractivity (Wildman–Crippen MR) is 51.3 cm³/mol. The lowest BCUT2D eigenvalue weighted by Gasteiger charge is -2.18. The molecule has 0 aromatic heterocycles. The molecular weight excluding hydrogens is 280 g/mol. The van der Waals surface area contributed by atoms with Gasteiger partial charge in [-0.3, -0.25) is 18.7 Å². The van der Waals surface area contributed by atoms with Gasteiger partial charge in [-0.05, 0) is 0 Å². The van der Waals surface area contributed by atoms with E-state index in [9.17, 15) is 14.4 Å². The van der Waals surface area contributed by atoms with Gasteiger partial charge in [-0.15, -0.1) is 0 Å². The molecule has 11 nitrogen and oxygen atoms in total. The highest BCUT2D eigenvalue weighted by Gasteiger charge is 2.40. The van der Waals surface area contributed by atoms with Crippen LogP contribution in [0, 0.1) is 0 Å². The molecule has 0 aliphatic rings. The van der Waals surface area contributed by atoms with Gasteiger partial charge in [-0.1, -0.05) is 0 Å². The zero-order valence-electron chi connectivity index (χ0n) is 8.55. The standard InChI is InChI=1S/C6H8O7.H2O4S/c7-3(8)1-6(13,5(11)12)2-4(9)10;1-5(2,3)4/h13H,1-2H2,(H,7,8)(H,9,10)(H,11,12);(H2,1,2,3,4). The van der Waals surface area contributed by atoms with E-state index in [1.807, 2.05) is 0 Å². The van der Waals surface area contributed by atoms with Gasteiger partial charge in [0.25, 0.3) is 0 Å². The van der Waals surface area contributed by atoms with Gasteiger partial charge in [0, 0.05) is 0 Å². The summed E-state index contributed by atoms with van der Waals surface area (Å²) in [5, 5.41) is 33.8. The zero-order valence-corrected chi connectivity index (χ0v) is 9.36. The van der Waals surface area contributed by atoms with E-state index in [-0.39, 0.29) is 0 Å². The van der Waals surface area contributed by atoms with Crippen molar-refractivity contribution >= 4 is 28.3 Å². The number of aliphatic hydroxyl groups is 1. The van der Waals surface area contributed by atoms with Crippen LogP contribution in [-0.4, -0.2) is 61.5 Å². The molecule has 6 N–H and O–H groups in total. The molecule has 0 aromatic carbocycles. The number of carbonyl (C=O) groups is 3. The number of carboxylic acid groups (broad SMARTS) is 3. The lowest BCUT2D eigenvalue weighted by atomic mass is 9.96. The summed E-state index contributed by atoms with van der Waals surface area (Å²) >= 11 is 0. The van der Waals surface area contributed by atoms with Crippen molar-refractivity contribution in [2.75, 3.05) is 0 Å². The minimum atomic E-state index is -4.67. The second-order valence-electron chi connectivity index (χ2n) is 2.93. The fourth-order valence-corrected chi connectivity index (χ4v) is 0.714. The van der Waals surface area contributed by atoms with E-state index in [0.29, 0.717) is 0 Å². The van der Waals surface area contributed by atoms with Gasteiger partial charge in [0.15, 0.2) is 5.60 Å². The van der Waals surface area contributed by atoms with Gasteiger partial charge in [0.2, 0.25) is 0 Å².